The highest BCUT2D eigenvalue weighted by atomic mass is 16.6. The van der Waals surface area contributed by atoms with Crippen molar-refractivity contribution in [2.24, 2.45) is 5.92 Å². The van der Waals surface area contributed by atoms with Gasteiger partial charge >= 0.3 is 5.97 Å². The monoisotopic (exact) mass is 773 g/mol. The van der Waals surface area contributed by atoms with Gasteiger partial charge in [0.2, 0.25) is 23.6 Å². The number of hydrogen-bond donors (Lipinski definition) is 3. The first-order valence-corrected chi connectivity index (χ1v) is 20.2. The molecular weight excluding hydrogens is 714 g/mol. The fourth-order valence-electron chi connectivity index (χ4n) is 7.82. The van der Waals surface area contributed by atoms with Gasteiger partial charge in [0.15, 0.2) is 6.10 Å². The first kappa shape index (κ1) is 42.2. The third-order valence-electron chi connectivity index (χ3n) is 11.3. The lowest BCUT2D eigenvalue weighted by atomic mass is 9.93. The molecule has 56 heavy (non-hydrogen) atoms. The van der Waals surface area contributed by atoms with Crippen LogP contribution in [0.15, 0.2) is 60.8 Å². The summed E-state index contributed by atoms with van der Waals surface area (Å²) in [5.41, 5.74) is 2.32. The molecule has 13 nitrogen and oxygen atoms in total. The molecule has 7 atom stereocenters. The van der Waals surface area contributed by atoms with E-state index < -0.39 is 48.1 Å². The molecule has 4 amide bonds. The number of fused-ring (bicyclic) bond motifs is 2. The van der Waals surface area contributed by atoms with Gasteiger partial charge in [-0.05, 0) is 68.1 Å². The van der Waals surface area contributed by atoms with E-state index in [1.165, 1.54) is 7.11 Å². The molecular formula is C43H59N5O8. The smallest absolute Gasteiger partial charge is 0.340 e. The quantitative estimate of drug-likeness (QED) is 0.139. The number of carbonyl (C=O) groups is 5. The van der Waals surface area contributed by atoms with E-state index in [-0.39, 0.29) is 30.3 Å². The number of amides is 4. The number of aromatic nitrogens is 1. The molecule has 3 heterocycles. The number of rotatable bonds is 16. The third kappa shape index (κ3) is 10.3. The lowest BCUT2D eigenvalue weighted by Crippen LogP contribution is -2.64. The van der Waals surface area contributed by atoms with Gasteiger partial charge in [-0.1, -0.05) is 88.6 Å². The van der Waals surface area contributed by atoms with Crippen LogP contribution in [0.2, 0.25) is 0 Å². The Morgan fingerprint density at radius 2 is 1.55 bits per heavy atom. The van der Waals surface area contributed by atoms with E-state index in [0.717, 1.165) is 41.3 Å². The molecule has 2 saturated heterocycles. The largest absolute Gasteiger partial charge is 0.460 e. The maximum Gasteiger partial charge on any atom is 0.340 e. The van der Waals surface area contributed by atoms with Gasteiger partial charge in [-0.15, -0.1) is 0 Å². The average molecular weight is 774 g/mol. The van der Waals surface area contributed by atoms with Crippen LogP contribution < -0.4 is 20.8 Å². The van der Waals surface area contributed by atoms with Crippen LogP contribution in [-0.2, 0) is 39.9 Å². The third-order valence-corrected chi connectivity index (χ3v) is 11.3. The molecule has 304 valence electrons. The van der Waals surface area contributed by atoms with E-state index >= 15 is 0 Å². The standard InChI is InChI=1S/C43H59N5O8/c1-6-28(3)37-42(52)47-25-17-16-24-36(47)41(51)44-33(22-13-9-12-20-31(7-2)56-43(53)38(54-4)29-18-10-8-11-19-29)39(49)45-34(40(50)46-37)26-30-27-48(55-5)35-23-15-14-21-32(30)35/h8,10-11,14-15,18-19,21,23,27-28,31,33-34,36-38H,6-7,9,12-13,16-17,20,22,24-26H2,1-5H3,(H,44,51)(H,45,49)(H,46,50)/t28?,31-,33-,34-,36+,37-,38+/m0/s1. The summed E-state index contributed by atoms with van der Waals surface area (Å²) < 4.78 is 12.9. The molecule has 0 radical (unpaired) electrons. The summed E-state index contributed by atoms with van der Waals surface area (Å²) in [5, 5.41) is 9.84. The van der Waals surface area contributed by atoms with Crippen molar-refractivity contribution >= 4 is 40.5 Å². The van der Waals surface area contributed by atoms with Crippen molar-refractivity contribution in [1.29, 1.82) is 0 Å². The first-order chi connectivity index (χ1) is 27.1. The number of nitrogens with zero attached hydrogens (tertiary/aromatic N) is 2. The minimum atomic E-state index is -1.04. The second-order valence-corrected chi connectivity index (χ2v) is 15.1. The van der Waals surface area contributed by atoms with Crippen molar-refractivity contribution in [1.82, 2.24) is 25.6 Å². The summed E-state index contributed by atoms with van der Waals surface area (Å²) >= 11 is 0. The molecule has 2 aliphatic heterocycles. The number of nitrogens with one attached hydrogen (secondary N) is 3. The van der Waals surface area contributed by atoms with E-state index in [1.807, 2.05) is 75.4 Å². The fourth-order valence-corrected chi connectivity index (χ4v) is 7.82. The number of para-hydroxylation sites is 1. The second-order valence-electron chi connectivity index (χ2n) is 15.1. The summed E-state index contributed by atoms with van der Waals surface area (Å²) in [6.45, 7) is 6.24. The zero-order valence-electron chi connectivity index (χ0n) is 33.5. The Balaban J connectivity index is 1.32. The SMILES string of the molecule is CCC(C)[C@@H]1NC(=O)[C@H](Cc2cn(OC)c3ccccc23)NC(=O)[C@H](CCCCC[C@H](CC)OC(=O)[C@H](OC)c2ccccc2)NC(=O)[C@H]2CCCCN2C1=O. The molecule has 2 aromatic carbocycles. The zero-order chi connectivity index (χ0) is 40.2. The number of methoxy groups -OCH3 is 1. The Kier molecular flexibility index (Phi) is 15.3. The van der Waals surface area contributed by atoms with Gasteiger partial charge in [0, 0.05) is 31.7 Å². The number of hydrogen-bond acceptors (Lipinski definition) is 8. The van der Waals surface area contributed by atoms with Crippen LogP contribution in [0.5, 0.6) is 0 Å². The van der Waals surface area contributed by atoms with Crippen molar-refractivity contribution in [3.8, 4) is 0 Å². The van der Waals surface area contributed by atoms with Crippen LogP contribution in [-0.4, -0.2) is 90.3 Å². The Bertz CT molecular complexity index is 1800. The van der Waals surface area contributed by atoms with Crippen LogP contribution in [0, 0.1) is 5.92 Å². The second kappa shape index (κ2) is 20.3. The molecule has 0 aliphatic carbocycles. The maximum atomic E-state index is 14.2. The number of piperidine rings is 1. The predicted molar refractivity (Wildman–Crippen MR) is 212 cm³/mol. The van der Waals surface area contributed by atoms with E-state index in [2.05, 4.69) is 16.0 Å². The molecule has 0 bridgehead atoms. The van der Waals surface area contributed by atoms with Crippen molar-refractivity contribution in [2.45, 2.75) is 128 Å². The van der Waals surface area contributed by atoms with E-state index in [9.17, 15) is 24.0 Å². The summed E-state index contributed by atoms with van der Waals surface area (Å²) in [6, 6.07) is 13.3. The van der Waals surface area contributed by atoms with Crippen LogP contribution >= 0.6 is 0 Å². The van der Waals surface area contributed by atoms with Gasteiger partial charge in [0.1, 0.15) is 37.4 Å². The summed E-state index contributed by atoms with van der Waals surface area (Å²) in [7, 11) is 3.04. The average Bonchev–Trinajstić information content (AvgIpc) is 3.58. The number of esters is 1. The van der Waals surface area contributed by atoms with Gasteiger partial charge < -0.3 is 35.2 Å². The molecule has 2 fully saturated rings. The summed E-state index contributed by atoms with van der Waals surface area (Å²) in [4.78, 5) is 76.8. The fraction of sp³-hybridized carbons (Fsp3) is 0.558. The first-order valence-electron chi connectivity index (χ1n) is 20.2. The number of benzene rings is 2. The van der Waals surface area contributed by atoms with Gasteiger partial charge in [0.05, 0.1) is 5.52 Å². The van der Waals surface area contributed by atoms with Gasteiger partial charge in [-0.25, -0.2) is 4.79 Å². The molecule has 13 heteroatoms. The zero-order valence-corrected chi connectivity index (χ0v) is 33.5. The Morgan fingerprint density at radius 1 is 0.839 bits per heavy atom. The Labute approximate surface area is 330 Å². The minimum absolute atomic E-state index is 0.133. The Hall–Kier alpha value is -4.91. The van der Waals surface area contributed by atoms with E-state index in [1.54, 1.807) is 22.9 Å². The molecule has 0 saturated carbocycles. The number of carbonyl (C=O) groups excluding carboxylic acids is 5. The van der Waals surface area contributed by atoms with E-state index in [0.29, 0.717) is 51.5 Å². The molecule has 3 N–H and O–H groups in total. The molecule has 0 spiro atoms. The lowest BCUT2D eigenvalue weighted by molar-refractivity contribution is -0.162. The summed E-state index contributed by atoms with van der Waals surface area (Å²) in [5.74, 6) is -2.21. The van der Waals surface area contributed by atoms with Crippen LogP contribution in [0.25, 0.3) is 10.9 Å². The van der Waals surface area contributed by atoms with Crippen molar-refractivity contribution in [3.63, 3.8) is 0 Å². The van der Waals surface area contributed by atoms with Crippen molar-refractivity contribution in [3.05, 3.63) is 71.9 Å². The van der Waals surface area contributed by atoms with Gasteiger partial charge in [0.25, 0.3) is 0 Å². The molecule has 1 unspecified atom stereocenters. The molecule has 1 aromatic heterocycles. The van der Waals surface area contributed by atoms with Crippen LogP contribution in [0.3, 0.4) is 0 Å². The van der Waals surface area contributed by atoms with Crippen LogP contribution in [0.1, 0.15) is 102 Å². The maximum absolute atomic E-state index is 14.2. The highest BCUT2D eigenvalue weighted by Crippen LogP contribution is 2.25. The molecule has 3 aromatic rings. The number of ether oxygens (including phenoxy) is 2. The van der Waals surface area contributed by atoms with Gasteiger partial charge in [-0.3, -0.25) is 19.2 Å². The molecule has 5 rings (SSSR count). The molecule has 2 aliphatic rings. The Morgan fingerprint density at radius 3 is 2.27 bits per heavy atom. The van der Waals surface area contributed by atoms with E-state index in [4.69, 9.17) is 14.3 Å². The lowest BCUT2D eigenvalue weighted by Gasteiger charge is -2.39. The topological polar surface area (TPSA) is 157 Å². The van der Waals surface area contributed by atoms with Gasteiger partial charge in [-0.2, -0.15) is 4.73 Å². The highest BCUT2D eigenvalue weighted by Gasteiger charge is 2.41. The normalized spacial score (nSPS) is 22.4. The number of unbranched alkanes of at least 4 members (excludes halogenated alkanes) is 2. The van der Waals surface area contributed by atoms with Crippen molar-refractivity contribution in [2.75, 3.05) is 20.8 Å². The van der Waals surface area contributed by atoms with Crippen molar-refractivity contribution < 1.29 is 38.3 Å². The predicted octanol–water partition coefficient (Wildman–Crippen LogP) is 4.80. The van der Waals surface area contributed by atoms with Crippen LogP contribution in [0.4, 0.5) is 0 Å². The highest BCUT2D eigenvalue weighted by molar-refractivity contribution is 5.98. The summed E-state index contributed by atoms with van der Waals surface area (Å²) in [6.07, 6.45) is 7.07. The minimum Gasteiger partial charge on any atom is -0.460 e.